The molecule has 0 bridgehead atoms. The lowest BCUT2D eigenvalue weighted by molar-refractivity contribution is 0.200. The van der Waals surface area contributed by atoms with Gasteiger partial charge in [0.15, 0.2) is 0 Å². The minimum Gasteiger partial charge on any atom is -0.299 e. The number of sulfonamides is 1. The predicted molar refractivity (Wildman–Crippen MR) is 99.0 cm³/mol. The van der Waals surface area contributed by atoms with E-state index in [1.807, 2.05) is 0 Å². The fraction of sp³-hybridized carbons (Fsp3) is 0.389. The second-order valence-corrected chi connectivity index (χ2v) is 8.58. The molecule has 5 nitrogen and oxygen atoms in total. The number of hydrogen-bond donors (Lipinski definition) is 1. The molecule has 1 aromatic heterocycles. The molecule has 134 valence electrons. The van der Waals surface area contributed by atoms with Gasteiger partial charge in [0.1, 0.15) is 10.0 Å². The molecule has 3 rings (SSSR count). The molecular formula is C18H22ClN3O2S. The third kappa shape index (κ3) is 5.01. The quantitative estimate of drug-likeness (QED) is 0.811. The van der Waals surface area contributed by atoms with Crippen molar-refractivity contribution < 1.29 is 8.42 Å². The number of halogens is 1. The van der Waals surface area contributed by atoms with Crippen LogP contribution < -0.4 is 4.72 Å². The highest BCUT2D eigenvalue weighted by Crippen LogP contribution is 2.17. The molecule has 1 N–H and O–H groups in total. The Kier molecular flexibility index (Phi) is 5.74. The van der Waals surface area contributed by atoms with Crippen LogP contribution in [0.3, 0.4) is 0 Å². The van der Waals surface area contributed by atoms with Gasteiger partial charge in [-0.1, -0.05) is 41.4 Å². The third-order valence-corrected chi connectivity index (χ3v) is 6.14. The smallest absolute Gasteiger partial charge is 0.242 e. The van der Waals surface area contributed by atoms with Crippen molar-refractivity contribution in [3.05, 3.63) is 58.9 Å². The molecule has 1 aromatic carbocycles. The number of benzene rings is 1. The van der Waals surface area contributed by atoms with Crippen molar-refractivity contribution in [3.63, 3.8) is 0 Å². The molecule has 2 aromatic rings. The molecule has 0 unspecified atom stereocenters. The van der Waals surface area contributed by atoms with E-state index in [4.69, 9.17) is 11.6 Å². The molecule has 7 heteroatoms. The molecular weight excluding hydrogens is 358 g/mol. The molecule has 0 spiro atoms. The van der Waals surface area contributed by atoms with Gasteiger partial charge in [0.25, 0.3) is 0 Å². The van der Waals surface area contributed by atoms with Crippen LogP contribution in [0.15, 0.2) is 47.5 Å². The van der Waals surface area contributed by atoms with E-state index in [0.717, 1.165) is 32.5 Å². The molecule has 0 aliphatic carbocycles. The van der Waals surface area contributed by atoms with Gasteiger partial charge < -0.3 is 0 Å². The van der Waals surface area contributed by atoms with E-state index in [2.05, 4.69) is 45.8 Å². The molecule has 1 saturated heterocycles. The van der Waals surface area contributed by atoms with Gasteiger partial charge in [-0.2, -0.15) is 0 Å². The maximum Gasteiger partial charge on any atom is 0.242 e. The number of piperidine rings is 1. The number of nitrogens with zero attached hydrogens (tertiary/aromatic N) is 2. The topological polar surface area (TPSA) is 62.3 Å². The van der Waals surface area contributed by atoms with Crippen LogP contribution in [0.5, 0.6) is 0 Å². The number of pyridine rings is 1. The normalized spacial score (nSPS) is 16.9. The third-order valence-electron chi connectivity index (χ3n) is 4.41. The van der Waals surface area contributed by atoms with Gasteiger partial charge >= 0.3 is 0 Å². The summed E-state index contributed by atoms with van der Waals surface area (Å²) in [6.45, 7) is 4.75. The Morgan fingerprint density at radius 1 is 1.24 bits per heavy atom. The van der Waals surface area contributed by atoms with Crippen LogP contribution >= 0.6 is 11.6 Å². The van der Waals surface area contributed by atoms with E-state index in [0.29, 0.717) is 0 Å². The first-order chi connectivity index (χ1) is 11.9. The van der Waals surface area contributed by atoms with E-state index in [1.165, 1.54) is 29.5 Å². The van der Waals surface area contributed by atoms with Crippen LogP contribution in [0, 0.1) is 6.92 Å². The second-order valence-electron chi connectivity index (χ2n) is 6.48. The van der Waals surface area contributed by atoms with E-state index in [9.17, 15) is 8.42 Å². The van der Waals surface area contributed by atoms with Crippen LogP contribution in [0.4, 0.5) is 0 Å². The van der Waals surface area contributed by atoms with Gasteiger partial charge in [-0.3, -0.25) is 4.90 Å². The average Bonchev–Trinajstić information content (AvgIpc) is 2.57. The Morgan fingerprint density at radius 3 is 2.64 bits per heavy atom. The zero-order valence-corrected chi connectivity index (χ0v) is 15.7. The standard InChI is InChI=1S/C18H22ClN3O2S/c1-14-3-2-4-15(11-14)13-22-9-7-16(8-10-22)21-25(23,24)17-5-6-18(19)20-12-17/h2-6,11-12,16,21H,7-10,13H2,1H3. The van der Waals surface area contributed by atoms with Crippen molar-refractivity contribution in [2.45, 2.75) is 37.2 Å². The van der Waals surface area contributed by atoms with Gasteiger partial charge in [-0.05, 0) is 37.5 Å². The number of rotatable bonds is 5. The van der Waals surface area contributed by atoms with Crippen molar-refractivity contribution in [3.8, 4) is 0 Å². The summed E-state index contributed by atoms with van der Waals surface area (Å²) in [6, 6.07) is 11.4. The van der Waals surface area contributed by atoms with Gasteiger partial charge in [-0.15, -0.1) is 0 Å². The molecule has 2 heterocycles. The summed E-state index contributed by atoms with van der Waals surface area (Å²) in [6.07, 6.45) is 2.88. The highest BCUT2D eigenvalue weighted by atomic mass is 35.5. The van der Waals surface area contributed by atoms with Crippen LogP contribution in [0.1, 0.15) is 24.0 Å². The summed E-state index contributed by atoms with van der Waals surface area (Å²) in [4.78, 5) is 6.36. The van der Waals surface area contributed by atoms with E-state index in [1.54, 1.807) is 0 Å². The first kappa shape index (κ1) is 18.3. The zero-order chi connectivity index (χ0) is 17.9. The predicted octanol–water partition coefficient (Wildman–Crippen LogP) is 2.99. The lowest BCUT2D eigenvalue weighted by Crippen LogP contribution is -2.44. The Hall–Kier alpha value is -1.47. The highest BCUT2D eigenvalue weighted by Gasteiger charge is 2.24. The summed E-state index contributed by atoms with van der Waals surface area (Å²) >= 11 is 5.71. The summed E-state index contributed by atoms with van der Waals surface area (Å²) in [5.41, 5.74) is 2.56. The average molecular weight is 380 g/mol. The van der Waals surface area contributed by atoms with Crippen molar-refractivity contribution in [1.82, 2.24) is 14.6 Å². The first-order valence-electron chi connectivity index (χ1n) is 8.34. The lowest BCUT2D eigenvalue weighted by atomic mass is 10.0. The lowest BCUT2D eigenvalue weighted by Gasteiger charge is -2.32. The summed E-state index contributed by atoms with van der Waals surface area (Å²) < 4.78 is 27.6. The van der Waals surface area contributed by atoms with Crippen molar-refractivity contribution in [1.29, 1.82) is 0 Å². The van der Waals surface area contributed by atoms with Gasteiger partial charge in [0.05, 0.1) is 0 Å². The molecule has 0 atom stereocenters. The molecule has 1 aliphatic rings. The van der Waals surface area contributed by atoms with E-state index >= 15 is 0 Å². The Labute approximate surface area is 154 Å². The van der Waals surface area contributed by atoms with Crippen LogP contribution in [0.25, 0.3) is 0 Å². The first-order valence-corrected chi connectivity index (χ1v) is 10.2. The summed E-state index contributed by atoms with van der Waals surface area (Å²) in [5, 5.41) is 0.281. The van der Waals surface area contributed by atoms with Crippen LogP contribution in [-0.4, -0.2) is 37.4 Å². The molecule has 25 heavy (non-hydrogen) atoms. The number of aromatic nitrogens is 1. The zero-order valence-electron chi connectivity index (χ0n) is 14.2. The minimum atomic E-state index is -3.55. The molecule has 1 aliphatic heterocycles. The molecule has 0 saturated carbocycles. The maximum absolute atomic E-state index is 12.4. The van der Waals surface area contributed by atoms with Crippen LogP contribution in [-0.2, 0) is 16.6 Å². The van der Waals surface area contributed by atoms with Gasteiger partial charge in [0.2, 0.25) is 10.0 Å². The SMILES string of the molecule is Cc1cccc(CN2CCC(NS(=O)(=O)c3ccc(Cl)nc3)CC2)c1. The van der Waals surface area contributed by atoms with Crippen molar-refractivity contribution in [2.24, 2.45) is 0 Å². The fourth-order valence-corrected chi connectivity index (χ4v) is 4.45. The summed E-state index contributed by atoms with van der Waals surface area (Å²) in [7, 11) is -3.55. The minimum absolute atomic E-state index is 0.0468. The number of aryl methyl sites for hydroxylation is 1. The van der Waals surface area contributed by atoms with Crippen molar-refractivity contribution >= 4 is 21.6 Å². The molecule has 1 fully saturated rings. The van der Waals surface area contributed by atoms with Crippen molar-refractivity contribution in [2.75, 3.05) is 13.1 Å². The monoisotopic (exact) mass is 379 g/mol. The van der Waals surface area contributed by atoms with E-state index < -0.39 is 10.0 Å². The fourth-order valence-electron chi connectivity index (χ4n) is 3.09. The Balaban J connectivity index is 1.54. The van der Waals surface area contributed by atoms with Gasteiger partial charge in [0, 0.05) is 31.9 Å². The molecule has 0 amide bonds. The second kappa shape index (κ2) is 7.83. The Bertz CT molecular complexity index is 816. The maximum atomic E-state index is 12.4. The number of nitrogens with one attached hydrogen (secondary N) is 1. The summed E-state index contributed by atoms with van der Waals surface area (Å²) in [5.74, 6) is 0. The van der Waals surface area contributed by atoms with Gasteiger partial charge in [-0.25, -0.2) is 18.1 Å². The van der Waals surface area contributed by atoms with Crippen LogP contribution in [0.2, 0.25) is 5.15 Å². The Morgan fingerprint density at radius 2 is 2.00 bits per heavy atom. The highest BCUT2D eigenvalue weighted by molar-refractivity contribution is 7.89. The number of hydrogen-bond acceptors (Lipinski definition) is 4. The number of likely N-dealkylation sites (tertiary alicyclic amines) is 1. The largest absolute Gasteiger partial charge is 0.299 e. The molecule has 0 radical (unpaired) electrons. The van der Waals surface area contributed by atoms with E-state index in [-0.39, 0.29) is 16.1 Å².